The summed E-state index contributed by atoms with van der Waals surface area (Å²) in [7, 11) is 0. The molecule has 148 valence electrons. The van der Waals surface area contributed by atoms with E-state index in [1.165, 1.54) is 23.1 Å². The fourth-order valence-corrected chi connectivity index (χ4v) is 2.25. The Morgan fingerprint density at radius 1 is 1.43 bits per heavy atom. The number of benzene rings is 1. The monoisotopic (exact) mass is 415 g/mol. The van der Waals surface area contributed by atoms with Gasteiger partial charge in [0.2, 0.25) is 0 Å². The predicted octanol–water partition coefficient (Wildman–Crippen LogP) is 2.15. The lowest BCUT2D eigenvalue weighted by Gasteiger charge is -2.18. The molecule has 1 atom stereocenters. The number of amides is 1. The number of halogens is 4. The second kappa shape index (κ2) is 8.62. The average molecular weight is 416 g/mol. The zero-order valence-corrected chi connectivity index (χ0v) is 14.8. The van der Waals surface area contributed by atoms with Gasteiger partial charge in [-0.1, -0.05) is 0 Å². The van der Waals surface area contributed by atoms with Crippen molar-refractivity contribution in [2.24, 2.45) is 0 Å². The maximum atomic E-state index is 13.0. The highest BCUT2D eigenvalue weighted by atomic mass is 35.5. The number of nitrogens with one attached hydrogen (secondary N) is 1. The van der Waals surface area contributed by atoms with E-state index < -0.39 is 41.2 Å². The molecule has 0 aliphatic heterocycles. The Morgan fingerprint density at radius 2 is 2.14 bits per heavy atom. The van der Waals surface area contributed by atoms with Crippen LogP contribution in [-0.4, -0.2) is 33.6 Å². The van der Waals surface area contributed by atoms with Crippen LogP contribution < -0.4 is 11.1 Å². The number of aromatic nitrogens is 2. The van der Waals surface area contributed by atoms with E-state index in [4.69, 9.17) is 27.3 Å². The lowest BCUT2D eigenvalue weighted by Crippen LogP contribution is -2.36. The molecule has 0 unspecified atom stereocenters. The number of nitrogens with zero attached hydrogens (tertiary/aromatic N) is 3. The molecule has 28 heavy (non-hydrogen) atoms. The molecule has 8 nitrogen and oxygen atoms in total. The number of hydrogen-bond acceptors (Lipinski definition) is 6. The highest BCUT2D eigenvalue weighted by Crippen LogP contribution is 2.33. The topological polar surface area (TPSA) is 123 Å². The van der Waals surface area contributed by atoms with E-state index in [-0.39, 0.29) is 12.2 Å². The Labute approximate surface area is 161 Å². The summed E-state index contributed by atoms with van der Waals surface area (Å²) in [6.45, 7) is -0.242. The summed E-state index contributed by atoms with van der Waals surface area (Å²) in [5.74, 6) is -2.34. The van der Waals surface area contributed by atoms with Crippen molar-refractivity contribution < 1.29 is 27.5 Å². The first-order valence-corrected chi connectivity index (χ1v) is 8.13. The molecule has 0 saturated heterocycles. The molecule has 0 radical (unpaired) electrons. The molecule has 12 heteroatoms. The predicted molar refractivity (Wildman–Crippen MR) is 92.0 cm³/mol. The van der Waals surface area contributed by atoms with Gasteiger partial charge in [-0.3, -0.25) is 14.3 Å². The highest BCUT2D eigenvalue weighted by molar-refractivity contribution is 6.26. The van der Waals surface area contributed by atoms with Crippen molar-refractivity contribution in [3.8, 4) is 6.07 Å². The summed E-state index contributed by atoms with van der Waals surface area (Å²) >= 11 is 5.37. The number of nitrogens with two attached hydrogens (primary N) is 1. The van der Waals surface area contributed by atoms with Crippen molar-refractivity contribution in [1.29, 1.82) is 5.26 Å². The van der Waals surface area contributed by atoms with Gasteiger partial charge in [-0.2, -0.15) is 23.5 Å². The van der Waals surface area contributed by atoms with Crippen LogP contribution >= 0.6 is 11.6 Å². The SMILES string of the molecule is N#Cc1ccc(NC(=O)[C@H](Cn2cc(N)cn2)OC(=O)CCl)cc1C(F)(F)F. The molecule has 1 amide bonds. The minimum Gasteiger partial charge on any atom is -0.449 e. The van der Waals surface area contributed by atoms with E-state index in [1.807, 2.05) is 0 Å². The van der Waals surface area contributed by atoms with Crippen molar-refractivity contribution in [2.45, 2.75) is 18.8 Å². The third kappa shape index (κ3) is 5.37. The van der Waals surface area contributed by atoms with Crippen molar-refractivity contribution in [2.75, 3.05) is 16.9 Å². The number of rotatable bonds is 6. The lowest BCUT2D eigenvalue weighted by atomic mass is 10.1. The quantitative estimate of drug-likeness (QED) is 0.550. The van der Waals surface area contributed by atoms with Crippen LogP contribution in [0.2, 0.25) is 0 Å². The number of carbonyl (C=O) groups is 2. The Balaban J connectivity index is 2.24. The third-order valence-corrected chi connectivity index (χ3v) is 3.61. The first kappa shape index (κ1) is 21.0. The van der Waals surface area contributed by atoms with Gasteiger partial charge in [0.1, 0.15) is 5.88 Å². The molecule has 2 aromatic rings. The van der Waals surface area contributed by atoms with Crippen molar-refractivity contribution in [3.63, 3.8) is 0 Å². The fraction of sp³-hybridized carbons (Fsp3) is 0.250. The molecular weight excluding hydrogens is 403 g/mol. The average Bonchev–Trinajstić information content (AvgIpc) is 3.05. The van der Waals surface area contributed by atoms with Crippen LogP contribution in [0.4, 0.5) is 24.5 Å². The van der Waals surface area contributed by atoms with Crippen LogP contribution in [-0.2, 0) is 27.0 Å². The second-order valence-corrected chi connectivity index (χ2v) is 5.73. The number of esters is 1. The number of ether oxygens (including phenoxy) is 1. The smallest absolute Gasteiger partial charge is 0.417 e. The standard InChI is InChI=1S/C16H13ClF3N5O3/c17-4-14(26)28-13(8-25-7-10(22)6-23-25)15(27)24-11-2-1-9(5-21)12(3-11)16(18,19)20/h1-3,6-7,13H,4,8,22H2,(H,24,27)/t13-/m0/s1. The number of anilines is 2. The molecule has 0 aliphatic carbocycles. The minimum atomic E-state index is -4.79. The zero-order chi connectivity index (χ0) is 20.9. The van der Waals surface area contributed by atoms with E-state index in [9.17, 15) is 22.8 Å². The molecule has 0 spiro atoms. The number of alkyl halides is 4. The highest BCUT2D eigenvalue weighted by Gasteiger charge is 2.34. The molecule has 1 aromatic carbocycles. The van der Waals surface area contributed by atoms with Gasteiger partial charge in [-0.15, -0.1) is 11.6 Å². The van der Waals surface area contributed by atoms with Gasteiger partial charge >= 0.3 is 12.1 Å². The van der Waals surface area contributed by atoms with Crippen molar-refractivity contribution >= 4 is 34.9 Å². The van der Waals surface area contributed by atoms with Gasteiger partial charge in [-0.05, 0) is 18.2 Å². The molecule has 1 aromatic heterocycles. The van der Waals surface area contributed by atoms with Crippen LogP contribution in [0, 0.1) is 11.3 Å². The van der Waals surface area contributed by atoms with Gasteiger partial charge < -0.3 is 15.8 Å². The molecule has 1 heterocycles. The minimum absolute atomic E-state index is 0.233. The number of hydrogen-bond donors (Lipinski definition) is 2. The first-order valence-electron chi connectivity index (χ1n) is 7.59. The van der Waals surface area contributed by atoms with Gasteiger partial charge in [0.15, 0.2) is 6.10 Å². The van der Waals surface area contributed by atoms with E-state index >= 15 is 0 Å². The lowest BCUT2D eigenvalue weighted by molar-refractivity contribution is -0.152. The van der Waals surface area contributed by atoms with Gasteiger partial charge in [-0.25, -0.2) is 0 Å². The molecule has 0 bridgehead atoms. The number of nitriles is 1. The largest absolute Gasteiger partial charge is 0.449 e. The van der Waals surface area contributed by atoms with Crippen molar-refractivity contribution in [1.82, 2.24) is 9.78 Å². The summed E-state index contributed by atoms with van der Waals surface area (Å²) in [5, 5.41) is 14.9. The molecule has 0 aliphatic rings. The van der Waals surface area contributed by atoms with E-state index in [2.05, 4.69) is 10.4 Å². The Hall–Kier alpha value is -3.26. The summed E-state index contributed by atoms with van der Waals surface area (Å²) in [4.78, 5) is 23.9. The van der Waals surface area contributed by atoms with Crippen LogP contribution in [0.25, 0.3) is 0 Å². The molecular formula is C16H13ClF3N5O3. The van der Waals surface area contributed by atoms with Crippen LogP contribution in [0.15, 0.2) is 30.6 Å². The van der Waals surface area contributed by atoms with Gasteiger partial charge in [0.25, 0.3) is 5.91 Å². The molecule has 0 fully saturated rings. The zero-order valence-electron chi connectivity index (χ0n) is 14.0. The summed E-state index contributed by atoms with van der Waals surface area (Å²) in [6.07, 6.45) is -3.55. The van der Waals surface area contributed by atoms with Crippen LogP contribution in [0.1, 0.15) is 11.1 Å². The second-order valence-electron chi connectivity index (χ2n) is 5.47. The van der Waals surface area contributed by atoms with E-state index in [0.29, 0.717) is 11.8 Å². The maximum Gasteiger partial charge on any atom is 0.417 e. The number of carbonyl (C=O) groups excluding carboxylic acids is 2. The van der Waals surface area contributed by atoms with E-state index in [0.717, 1.165) is 12.1 Å². The third-order valence-electron chi connectivity index (χ3n) is 3.39. The molecule has 3 N–H and O–H groups in total. The van der Waals surface area contributed by atoms with Gasteiger partial charge in [0.05, 0.1) is 35.6 Å². The molecule has 0 saturated carbocycles. The normalized spacial score (nSPS) is 12.1. The molecule has 2 rings (SSSR count). The van der Waals surface area contributed by atoms with E-state index in [1.54, 1.807) is 0 Å². The Kier molecular flexibility index (Phi) is 6.48. The van der Waals surface area contributed by atoms with Crippen molar-refractivity contribution in [3.05, 3.63) is 41.7 Å². The maximum absolute atomic E-state index is 13.0. The summed E-state index contributed by atoms with van der Waals surface area (Å²) in [6, 6.07) is 4.09. The summed E-state index contributed by atoms with van der Waals surface area (Å²) < 4.78 is 45.3. The number of nitrogen functional groups attached to an aromatic ring is 1. The Morgan fingerprint density at radius 3 is 2.68 bits per heavy atom. The first-order chi connectivity index (χ1) is 13.1. The van der Waals surface area contributed by atoms with Crippen LogP contribution in [0.3, 0.4) is 0 Å². The Bertz CT molecular complexity index is 923. The fourth-order valence-electron chi connectivity index (χ4n) is 2.19. The van der Waals surface area contributed by atoms with Crippen LogP contribution in [0.5, 0.6) is 0 Å². The summed E-state index contributed by atoms with van der Waals surface area (Å²) in [5.41, 5.74) is 3.78. The van der Waals surface area contributed by atoms with Gasteiger partial charge in [0, 0.05) is 11.9 Å².